The van der Waals surface area contributed by atoms with Gasteiger partial charge in [0.05, 0.1) is 13.2 Å². The third-order valence-corrected chi connectivity index (χ3v) is 2.59. The molecule has 0 aliphatic rings. The van der Waals surface area contributed by atoms with Crippen molar-refractivity contribution in [3.63, 3.8) is 0 Å². The minimum Gasteiger partial charge on any atom is -0.461 e. The maximum Gasteiger partial charge on any atom is 0.460 e. The smallest absolute Gasteiger partial charge is 0.460 e. The molecule has 150 valence electrons. The molecule has 0 rings (SSSR count). The van der Waals surface area contributed by atoms with E-state index in [1.54, 1.807) is 0 Å². The van der Waals surface area contributed by atoms with Gasteiger partial charge in [-0.3, -0.25) is 0 Å². The molecule has 0 aromatic carbocycles. The van der Waals surface area contributed by atoms with Crippen molar-refractivity contribution >= 4 is 5.97 Å². The van der Waals surface area contributed by atoms with Crippen LogP contribution in [0, 0.1) is 0 Å². The third-order valence-electron chi connectivity index (χ3n) is 2.59. The van der Waals surface area contributed by atoms with Crippen LogP contribution in [0.3, 0.4) is 0 Å². The maximum absolute atomic E-state index is 13.8. The van der Waals surface area contributed by atoms with Gasteiger partial charge in [-0.05, 0) is 6.42 Å². The van der Waals surface area contributed by atoms with E-state index in [1.807, 2.05) is 0 Å². The predicted molar refractivity (Wildman–Crippen MR) is 63.3 cm³/mol. The Morgan fingerprint density at radius 1 is 0.960 bits per heavy atom. The van der Waals surface area contributed by atoms with Crippen molar-refractivity contribution in [3.05, 3.63) is 0 Å². The third kappa shape index (κ3) is 6.88. The number of esters is 1. The molecule has 0 aromatic heterocycles. The first kappa shape index (κ1) is 23.8. The molecule has 0 heterocycles. The van der Waals surface area contributed by atoms with Gasteiger partial charge >= 0.3 is 30.3 Å². The summed E-state index contributed by atoms with van der Waals surface area (Å²) in [7, 11) is 0. The lowest BCUT2D eigenvalue weighted by molar-refractivity contribution is -0.363. The normalized spacial score (nSPS) is 17.1. The summed E-state index contributed by atoms with van der Waals surface area (Å²) in [6.07, 6.45) is -20.9. The lowest BCUT2D eigenvalue weighted by atomic mass is 10.3. The van der Waals surface area contributed by atoms with E-state index in [2.05, 4.69) is 14.2 Å². The molecule has 0 N–H and O–H groups in total. The summed E-state index contributed by atoms with van der Waals surface area (Å²) in [6.45, 7) is -0.930. The molecule has 2 atom stereocenters. The van der Waals surface area contributed by atoms with Crippen molar-refractivity contribution < 1.29 is 58.5 Å². The minimum atomic E-state index is -6.11. The first-order valence-corrected chi connectivity index (χ1v) is 6.80. The number of alkyl halides is 9. The van der Waals surface area contributed by atoms with E-state index >= 15 is 0 Å². The van der Waals surface area contributed by atoms with Crippen LogP contribution in [-0.2, 0) is 19.0 Å². The number of hydrogen-bond donors (Lipinski definition) is 0. The van der Waals surface area contributed by atoms with Gasteiger partial charge in [-0.1, -0.05) is 13.8 Å². The largest absolute Gasteiger partial charge is 0.461 e. The van der Waals surface area contributed by atoms with E-state index in [9.17, 15) is 44.3 Å². The van der Waals surface area contributed by atoms with Gasteiger partial charge in [0, 0.05) is 6.42 Å². The fraction of sp³-hybridized carbons (Fsp3) is 0.917. The summed E-state index contributed by atoms with van der Waals surface area (Å²) >= 11 is 0. The van der Waals surface area contributed by atoms with Gasteiger partial charge in [0.1, 0.15) is 0 Å². The van der Waals surface area contributed by atoms with Crippen molar-refractivity contribution in [3.8, 4) is 0 Å². The Hall–Kier alpha value is -1.24. The Kier molecular flexibility index (Phi) is 8.01. The van der Waals surface area contributed by atoms with Gasteiger partial charge in [-0.25, -0.2) is 4.79 Å². The van der Waals surface area contributed by atoms with Crippen LogP contribution in [-0.4, -0.2) is 49.6 Å². The molecule has 0 aromatic rings. The molecule has 0 saturated carbocycles. The second-order valence-corrected chi connectivity index (χ2v) is 4.68. The second kappa shape index (κ2) is 8.43. The highest BCUT2D eigenvalue weighted by Gasteiger charge is 2.66. The summed E-state index contributed by atoms with van der Waals surface area (Å²) in [5.74, 6) is -7.92. The molecule has 0 aliphatic carbocycles. The monoisotopic (exact) mass is 394 g/mol. The summed E-state index contributed by atoms with van der Waals surface area (Å²) < 4.78 is 126. The number of rotatable bonds is 9. The molecule has 2 unspecified atom stereocenters. The van der Waals surface area contributed by atoms with Crippen LogP contribution in [0.5, 0.6) is 0 Å². The summed E-state index contributed by atoms with van der Waals surface area (Å²) in [5, 5.41) is 0. The molecular formula is C12H15F9O4. The Labute approximate surface area is 136 Å². The highest BCUT2D eigenvalue weighted by Crippen LogP contribution is 2.38. The quantitative estimate of drug-likeness (QED) is 0.436. The lowest BCUT2D eigenvalue weighted by Gasteiger charge is -2.30. The van der Waals surface area contributed by atoms with Crippen molar-refractivity contribution in [1.82, 2.24) is 0 Å². The van der Waals surface area contributed by atoms with E-state index in [-0.39, 0.29) is 6.42 Å². The average molecular weight is 394 g/mol. The molecular weight excluding hydrogens is 379 g/mol. The van der Waals surface area contributed by atoms with E-state index in [1.165, 1.54) is 6.92 Å². The average Bonchev–Trinajstić information content (AvgIpc) is 2.46. The zero-order chi connectivity index (χ0) is 20.1. The molecule has 0 spiro atoms. The van der Waals surface area contributed by atoms with Crippen LogP contribution in [0.15, 0.2) is 0 Å². The van der Waals surface area contributed by atoms with Gasteiger partial charge in [0.2, 0.25) is 0 Å². The summed E-state index contributed by atoms with van der Waals surface area (Å²) in [4.78, 5) is 11.2. The molecule has 0 saturated heterocycles. The number of carbonyl (C=O) groups excluding carboxylic acids is 1. The predicted octanol–water partition coefficient (Wildman–Crippen LogP) is 4.13. The molecule has 0 amide bonds. The van der Waals surface area contributed by atoms with Gasteiger partial charge in [0.25, 0.3) is 0 Å². The highest BCUT2D eigenvalue weighted by atomic mass is 19.4. The van der Waals surface area contributed by atoms with Crippen molar-refractivity contribution in [2.24, 2.45) is 0 Å². The molecule has 0 bridgehead atoms. The lowest BCUT2D eigenvalue weighted by Crippen LogP contribution is -2.54. The van der Waals surface area contributed by atoms with E-state index < -0.39 is 56.0 Å². The fourth-order valence-electron chi connectivity index (χ4n) is 1.22. The van der Waals surface area contributed by atoms with Crippen LogP contribution in [0.4, 0.5) is 39.5 Å². The Morgan fingerprint density at radius 2 is 1.48 bits per heavy atom. The molecule has 13 heteroatoms. The SMILES string of the molecule is CCCOC(=O)C(F)(OCC(OC(F)(F)CC)C(F)(F)F)C(F)(F)F. The zero-order valence-electron chi connectivity index (χ0n) is 12.9. The molecule has 4 nitrogen and oxygen atoms in total. The topological polar surface area (TPSA) is 44.8 Å². The van der Waals surface area contributed by atoms with E-state index in [4.69, 9.17) is 0 Å². The minimum absolute atomic E-state index is 0.0172. The molecule has 0 aliphatic heterocycles. The number of hydrogen-bond acceptors (Lipinski definition) is 4. The first-order chi connectivity index (χ1) is 11.1. The summed E-state index contributed by atoms with van der Waals surface area (Å²) in [6, 6.07) is 0. The van der Waals surface area contributed by atoms with Crippen LogP contribution < -0.4 is 0 Å². The number of carbonyl (C=O) groups is 1. The summed E-state index contributed by atoms with van der Waals surface area (Å²) in [5.41, 5.74) is 0. The van der Waals surface area contributed by atoms with E-state index in [0.717, 1.165) is 6.92 Å². The standard InChI is InChI=1S/C12H15F9O4/c1-3-5-23-8(22)10(15,12(19,20)21)24-6-7(11(16,17)18)25-9(13,14)4-2/h7H,3-6H2,1-2H3. The maximum atomic E-state index is 13.8. The molecule has 25 heavy (non-hydrogen) atoms. The first-order valence-electron chi connectivity index (χ1n) is 6.80. The van der Waals surface area contributed by atoms with Gasteiger partial charge < -0.3 is 14.2 Å². The fourth-order valence-corrected chi connectivity index (χ4v) is 1.22. The molecule has 0 fully saturated rings. The van der Waals surface area contributed by atoms with Crippen molar-refractivity contribution in [2.75, 3.05) is 13.2 Å². The Morgan fingerprint density at radius 3 is 1.84 bits per heavy atom. The van der Waals surface area contributed by atoms with Crippen LogP contribution >= 0.6 is 0 Å². The van der Waals surface area contributed by atoms with Crippen LogP contribution in [0.25, 0.3) is 0 Å². The Bertz CT molecular complexity index is 435. The van der Waals surface area contributed by atoms with Gasteiger partial charge in [-0.15, -0.1) is 0 Å². The van der Waals surface area contributed by atoms with Crippen molar-refractivity contribution in [1.29, 1.82) is 0 Å². The van der Waals surface area contributed by atoms with Crippen molar-refractivity contribution in [2.45, 2.75) is 57.1 Å². The van der Waals surface area contributed by atoms with Crippen LogP contribution in [0.1, 0.15) is 26.7 Å². The van der Waals surface area contributed by atoms with Gasteiger partial charge in [0.15, 0.2) is 6.10 Å². The van der Waals surface area contributed by atoms with Gasteiger partial charge in [-0.2, -0.15) is 39.5 Å². The highest BCUT2D eigenvalue weighted by molar-refractivity contribution is 5.78. The van der Waals surface area contributed by atoms with Crippen LogP contribution in [0.2, 0.25) is 0 Å². The number of halogens is 9. The second-order valence-electron chi connectivity index (χ2n) is 4.68. The number of ether oxygens (including phenoxy) is 3. The van der Waals surface area contributed by atoms with E-state index in [0.29, 0.717) is 0 Å². The zero-order valence-corrected chi connectivity index (χ0v) is 12.9. The molecule has 0 radical (unpaired) electrons. The Balaban J connectivity index is 5.37.